The number of rotatable bonds is 1. The van der Waals surface area contributed by atoms with Gasteiger partial charge in [0.2, 0.25) is 0 Å². The van der Waals surface area contributed by atoms with E-state index in [1.54, 1.807) is 35.3 Å². The fraction of sp³-hybridized carbons (Fsp3) is 1.00. The predicted molar refractivity (Wildman–Crippen MR) is 38.6 cm³/mol. The number of halogens is 1. The van der Waals surface area contributed by atoms with Gasteiger partial charge in [0, 0.05) is 14.1 Å². The van der Waals surface area contributed by atoms with Crippen LogP contribution in [0.15, 0.2) is 0 Å². The Bertz CT molecular complexity index is 138. The van der Waals surface area contributed by atoms with E-state index >= 15 is 0 Å². The van der Waals surface area contributed by atoms with E-state index in [9.17, 15) is 4.21 Å². The molecule has 7 heavy (non-hydrogen) atoms. The maximum Gasteiger partial charge on any atom is 0.163 e. The molecular weight excluding hydrogens is 227 g/mol. The van der Waals surface area contributed by atoms with Crippen LogP contribution in [0.5, 0.6) is 0 Å². The summed E-state index contributed by atoms with van der Waals surface area (Å²) in [7, 11) is 0.788. The highest BCUT2D eigenvalue weighted by atomic mass is 127. The van der Waals surface area contributed by atoms with Gasteiger partial charge < -0.3 is 0 Å². The van der Waals surface area contributed by atoms with Crippen molar-refractivity contribution in [1.82, 2.24) is 4.31 Å². The fourth-order valence-electron chi connectivity index (χ4n) is 0. The molecule has 1 atom stereocenters. The summed E-state index contributed by atoms with van der Waals surface area (Å²) in [5.74, 6) is 0. The quantitative estimate of drug-likeness (QED) is 0.530. The molecule has 0 amide bonds. The number of nitrogens with one attached hydrogen (secondary N) is 1. The SMILES string of the molecule is CN(C)S(=N)(=O)I. The lowest BCUT2D eigenvalue weighted by molar-refractivity contribution is 0.607. The Balaban J connectivity index is 4.10. The maximum atomic E-state index is 10.5. The molecule has 0 spiro atoms. The monoisotopic (exact) mass is 234 g/mol. The molecule has 0 saturated carbocycles. The molecule has 0 bridgehead atoms. The van der Waals surface area contributed by atoms with Crippen molar-refractivity contribution < 1.29 is 4.21 Å². The van der Waals surface area contributed by atoms with Gasteiger partial charge in [-0.1, -0.05) is 0 Å². The second-order valence-corrected chi connectivity index (χ2v) is 6.50. The minimum absolute atomic E-state index is 1.37. The van der Waals surface area contributed by atoms with Crippen LogP contribution in [0.25, 0.3) is 0 Å². The Labute approximate surface area is 55.8 Å². The first-order valence-corrected chi connectivity index (χ1v) is 5.66. The van der Waals surface area contributed by atoms with Gasteiger partial charge >= 0.3 is 0 Å². The molecular formula is C2H7IN2OS. The third-order valence-electron chi connectivity index (χ3n) is 0.470. The number of nitrogens with zero attached hydrogens (tertiary/aromatic N) is 1. The second-order valence-electron chi connectivity index (χ2n) is 1.27. The Morgan fingerprint density at radius 3 is 1.86 bits per heavy atom. The molecule has 0 aromatic carbocycles. The van der Waals surface area contributed by atoms with Crippen molar-refractivity contribution in [2.45, 2.75) is 0 Å². The Morgan fingerprint density at radius 1 is 1.71 bits per heavy atom. The molecule has 0 aliphatic rings. The first-order valence-electron chi connectivity index (χ1n) is 1.60. The summed E-state index contributed by atoms with van der Waals surface area (Å²) in [6, 6.07) is 0. The molecule has 0 aliphatic carbocycles. The van der Waals surface area contributed by atoms with Crippen molar-refractivity contribution >= 4 is 28.3 Å². The second kappa shape index (κ2) is 2.27. The van der Waals surface area contributed by atoms with Crippen LogP contribution in [0.2, 0.25) is 0 Å². The Hall–Kier alpha value is 0.640. The van der Waals surface area contributed by atoms with Crippen LogP contribution >= 0.6 is 21.2 Å². The number of hydrogen-bond donors (Lipinski definition) is 1. The van der Waals surface area contributed by atoms with Gasteiger partial charge in [-0.3, -0.25) is 0 Å². The first kappa shape index (κ1) is 7.64. The maximum absolute atomic E-state index is 10.5. The highest BCUT2D eigenvalue weighted by Crippen LogP contribution is 2.03. The van der Waals surface area contributed by atoms with Crippen molar-refractivity contribution in [3.05, 3.63) is 0 Å². The lowest BCUT2D eigenvalue weighted by Crippen LogP contribution is -2.13. The van der Waals surface area contributed by atoms with Crippen molar-refractivity contribution in [2.24, 2.45) is 0 Å². The Morgan fingerprint density at radius 2 is 1.86 bits per heavy atom. The molecule has 0 aromatic rings. The third kappa shape index (κ3) is 3.24. The molecule has 5 heteroatoms. The highest BCUT2D eigenvalue weighted by Gasteiger charge is 1.98. The largest absolute Gasteiger partial charge is 0.232 e. The zero-order valence-corrected chi connectivity index (χ0v) is 7.12. The summed E-state index contributed by atoms with van der Waals surface area (Å²) in [4.78, 5) is 0. The lowest BCUT2D eigenvalue weighted by atomic mass is 11.3. The minimum atomic E-state index is -2.44. The smallest absolute Gasteiger partial charge is 0.163 e. The normalized spacial score (nSPS) is 19.4. The molecule has 0 aliphatic heterocycles. The van der Waals surface area contributed by atoms with Gasteiger partial charge in [-0.2, -0.15) is 0 Å². The van der Waals surface area contributed by atoms with Crippen LogP contribution in [-0.4, -0.2) is 22.6 Å². The van der Waals surface area contributed by atoms with Crippen LogP contribution < -0.4 is 0 Å². The van der Waals surface area contributed by atoms with E-state index < -0.39 is 7.09 Å². The van der Waals surface area contributed by atoms with Gasteiger partial charge in [-0.05, 0) is 0 Å². The van der Waals surface area contributed by atoms with E-state index in [1.165, 1.54) is 4.31 Å². The standard InChI is InChI=1S/C2H7IN2OS/c1-5(2)7(3,4)6/h4H,1-2H3. The molecule has 1 N–H and O–H groups in total. The molecule has 0 aromatic heterocycles. The molecule has 1 unspecified atom stereocenters. The fourth-order valence-corrected chi connectivity index (χ4v) is 0. The molecule has 0 fully saturated rings. The van der Waals surface area contributed by atoms with E-state index in [0.717, 1.165) is 0 Å². The van der Waals surface area contributed by atoms with E-state index in [1.807, 2.05) is 0 Å². The van der Waals surface area contributed by atoms with Gasteiger partial charge in [0.05, 0.1) is 21.2 Å². The van der Waals surface area contributed by atoms with Crippen LogP contribution in [-0.2, 0) is 7.09 Å². The van der Waals surface area contributed by atoms with Crippen molar-refractivity contribution in [2.75, 3.05) is 14.1 Å². The summed E-state index contributed by atoms with van der Waals surface area (Å²) in [6.07, 6.45) is 0. The topological polar surface area (TPSA) is 44.2 Å². The minimum Gasteiger partial charge on any atom is -0.232 e. The predicted octanol–water partition coefficient (Wildman–Crippen LogP) is 0.860. The molecule has 0 saturated heterocycles. The van der Waals surface area contributed by atoms with Crippen molar-refractivity contribution in [3.63, 3.8) is 0 Å². The third-order valence-corrected chi connectivity index (χ3v) is 3.77. The molecule has 0 rings (SSSR count). The average Bonchev–Trinajstić information content (AvgIpc) is 1.31. The average molecular weight is 234 g/mol. The molecule has 0 heterocycles. The van der Waals surface area contributed by atoms with E-state index in [2.05, 4.69) is 0 Å². The zero-order chi connectivity index (χ0) is 6.08. The van der Waals surface area contributed by atoms with Crippen LogP contribution in [0.4, 0.5) is 0 Å². The van der Waals surface area contributed by atoms with Crippen molar-refractivity contribution in [1.29, 1.82) is 4.78 Å². The molecule has 3 nitrogen and oxygen atoms in total. The summed E-state index contributed by atoms with van der Waals surface area (Å²) < 4.78 is 18.7. The lowest BCUT2D eigenvalue weighted by Gasteiger charge is -2.04. The van der Waals surface area contributed by atoms with Crippen LogP contribution in [0.1, 0.15) is 0 Å². The highest BCUT2D eigenvalue weighted by molar-refractivity contribution is 14.2. The first-order chi connectivity index (χ1) is 2.94. The van der Waals surface area contributed by atoms with Crippen LogP contribution in [0, 0.1) is 4.78 Å². The number of hydrogen-bond acceptors (Lipinski definition) is 2. The Kier molecular flexibility index (Phi) is 2.48. The van der Waals surface area contributed by atoms with Gasteiger partial charge in [-0.25, -0.2) is 13.3 Å². The van der Waals surface area contributed by atoms with E-state index in [0.29, 0.717) is 0 Å². The van der Waals surface area contributed by atoms with Gasteiger partial charge in [0.15, 0.2) is 7.09 Å². The van der Waals surface area contributed by atoms with Gasteiger partial charge in [0.1, 0.15) is 0 Å². The summed E-state index contributed by atoms with van der Waals surface area (Å²) in [5, 5.41) is 0. The van der Waals surface area contributed by atoms with Crippen molar-refractivity contribution in [3.8, 4) is 0 Å². The molecule has 0 radical (unpaired) electrons. The zero-order valence-electron chi connectivity index (χ0n) is 4.14. The van der Waals surface area contributed by atoms with Gasteiger partial charge in [-0.15, -0.1) is 0 Å². The summed E-state index contributed by atoms with van der Waals surface area (Å²) in [5.41, 5.74) is 0. The van der Waals surface area contributed by atoms with Crippen LogP contribution in [0.3, 0.4) is 0 Å². The van der Waals surface area contributed by atoms with E-state index in [4.69, 9.17) is 4.78 Å². The van der Waals surface area contributed by atoms with Gasteiger partial charge in [0.25, 0.3) is 0 Å². The summed E-state index contributed by atoms with van der Waals surface area (Å²) >= 11 is 1.59. The van der Waals surface area contributed by atoms with E-state index in [-0.39, 0.29) is 0 Å². The summed E-state index contributed by atoms with van der Waals surface area (Å²) in [6.45, 7) is 0. The molecule has 44 valence electrons.